The van der Waals surface area contributed by atoms with E-state index in [0.717, 1.165) is 15.4 Å². The Morgan fingerprint density at radius 2 is 2.16 bits per heavy atom. The first kappa shape index (κ1) is 17.4. The molecule has 7 heteroatoms. The minimum atomic E-state index is -0.487. The Morgan fingerprint density at radius 1 is 1.32 bits per heavy atom. The number of hydrogen-bond acceptors (Lipinski definition) is 5. The molecular formula is C18H12ClN3OS2. The van der Waals surface area contributed by atoms with Gasteiger partial charge in [-0.15, -0.1) is 22.7 Å². The third kappa shape index (κ3) is 3.97. The monoisotopic (exact) mass is 385 g/mol. The Labute approximate surface area is 158 Å². The van der Waals surface area contributed by atoms with E-state index in [0.29, 0.717) is 16.4 Å². The molecule has 1 amide bonds. The lowest BCUT2D eigenvalue weighted by molar-refractivity contribution is -0.112. The van der Waals surface area contributed by atoms with Crippen molar-refractivity contribution in [1.82, 2.24) is 4.98 Å². The lowest BCUT2D eigenvalue weighted by Gasteiger charge is -2.08. The SMILES string of the molecule is Cc1c(Cl)cccc1NC(=O)/C(C#N)=C\c1csc(-c2cccs2)n1. The number of nitriles is 1. The summed E-state index contributed by atoms with van der Waals surface area (Å²) < 4.78 is 0. The van der Waals surface area contributed by atoms with Gasteiger partial charge in [-0.3, -0.25) is 4.79 Å². The molecule has 0 saturated carbocycles. The molecule has 4 nitrogen and oxygen atoms in total. The van der Waals surface area contributed by atoms with Crippen LogP contribution in [0, 0.1) is 18.3 Å². The standard InChI is InChI=1S/C18H12ClN3OS2/c1-11-14(19)4-2-5-15(11)22-17(23)12(9-20)8-13-10-25-18(21-13)16-6-3-7-24-16/h2-8,10H,1H3,(H,22,23)/b12-8-. The van der Waals surface area contributed by atoms with Crippen LogP contribution < -0.4 is 5.32 Å². The predicted molar refractivity (Wildman–Crippen MR) is 104 cm³/mol. The van der Waals surface area contributed by atoms with Crippen molar-refractivity contribution in [3.8, 4) is 16.0 Å². The summed E-state index contributed by atoms with van der Waals surface area (Å²) >= 11 is 9.12. The number of nitrogens with zero attached hydrogens (tertiary/aromatic N) is 2. The minimum absolute atomic E-state index is 0.0117. The zero-order valence-corrected chi connectivity index (χ0v) is 15.5. The second-order valence-corrected chi connectivity index (χ2v) is 7.30. The fraction of sp³-hybridized carbons (Fsp3) is 0.0556. The lowest BCUT2D eigenvalue weighted by Crippen LogP contribution is -2.14. The number of thiophene rings is 1. The smallest absolute Gasteiger partial charge is 0.266 e. The summed E-state index contributed by atoms with van der Waals surface area (Å²) in [5.41, 5.74) is 1.91. The molecule has 0 atom stereocenters. The second kappa shape index (κ2) is 7.62. The lowest BCUT2D eigenvalue weighted by atomic mass is 10.1. The number of benzene rings is 1. The highest BCUT2D eigenvalue weighted by Gasteiger charge is 2.13. The van der Waals surface area contributed by atoms with Crippen LogP contribution in [0.2, 0.25) is 5.02 Å². The fourth-order valence-electron chi connectivity index (χ4n) is 2.09. The Hall–Kier alpha value is -2.46. The highest BCUT2D eigenvalue weighted by Crippen LogP contribution is 2.28. The van der Waals surface area contributed by atoms with Crippen LogP contribution in [0.15, 0.2) is 46.7 Å². The average Bonchev–Trinajstić information content (AvgIpc) is 3.27. The van der Waals surface area contributed by atoms with Gasteiger partial charge in [-0.05, 0) is 42.1 Å². The summed E-state index contributed by atoms with van der Waals surface area (Å²) in [6.07, 6.45) is 1.49. The van der Waals surface area contributed by atoms with Crippen molar-refractivity contribution in [3.63, 3.8) is 0 Å². The van der Waals surface area contributed by atoms with E-state index in [1.807, 2.05) is 29.0 Å². The molecule has 0 fully saturated rings. The molecule has 0 aliphatic heterocycles. The molecule has 124 valence electrons. The van der Waals surface area contributed by atoms with Gasteiger partial charge in [-0.25, -0.2) is 4.98 Å². The van der Waals surface area contributed by atoms with Gasteiger partial charge in [0.15, 0.2) is 0 Å². The summed E-state index contributed by atoms with van der Waals surface area (Å²) in [5, 5.41) is 17.3. The molecule has 0 bridgehead atoms. The highest BCUT2D eigenvalue weighted by atomic mass is 35.5. The maximum Gasteiger partial charge on any atom is 0.266 e. The van der Waals surface area contributed by atoms with E-state index in [4.69, 9.17) is 11.6 Å². The molecule has 1 aromatic carbocycles. The van der Waals surface area contributed by atoms with Gasteiger partial charge in [-0.2, -0.15) is 5.26 Å². The van der Waals surface area contributed by atoms with Crippen molar-refractivity contribution >= 4 is 51.9 Å². The Bertz CT molecular complexity index is 984. The van der Waals surface area contributed by atoms with Gasteiger partial charge in [0, 0.05) is 16.1 Å². The average molecular weight is 386 g/mol. The van der Waals surface area contributed by atoms with E-state index in [9.17, 15) is 10.1 Å². The molecule has 0 aliphatic rings. The van der Waals surface area contributed by atoms with Crippen LogP contribution in [0.25, 0.3) is 16.0 Å². The molecule has 2 aromatic heterocycles. The van der Waals surface area contributed by atoms with Crippen LogP contribution in [-0.2, 0) is 4.79 Å². The molecule has 0 aliphatic carbocycles. The normalized spacial score (nSPS) is 11.2. The zero-order chi connectivity index (χ0) is 17.8. The van der Waals surface area contributed by atoms with E-state index in [1.54, 1.807) is 36.5 Å². The van der Waals surface area contributed by atoms with E-state index in [2.05, 4.69) is 10.3 Å². The van der Waals surface area contributed by atoms with Gasteiger partial charge in [0.1, 0.15) is 16.6 Å². The Kier molecular flexibility index (Phi) is 5.29. The third-order valence-corrected chi connectivity index (χ3v) is 5.74. The van der Waals surface area contributed by atoms with Crippen molar-refractivity contribution in [2.24, 2.45) is 0 Å². The van der Waals surface area contributed by atoms with Crippen molar-refractivity contribution in [2.75, 3.05) is 5.32 Å². The number of anilines is 1. The van der Waals surface area contributed by atoms with Crippen LogP contribution in [0.5, 0.6) is 0 Å². The van der Waals surface area contributed by atoms with E-state index < -0.39 is 5.91 Å². The third-order valence-electron chi connectivity index (χ3n) is 3.43. The minimum Gasteiger partial charge on any atom is -0.321 e. The summed E-state index contributed by atoms with van der Waals surface area (Å²) in [6, 6.07) is 11.1. The largest absolute Gasteiger partial charge is 0.321 e. The van der Waals surface area contributed by atoms with Gasteiger partial charge >= 0.3 is 0 Å². The van der Waals surface area contributed by atoms with E-state index in [1.165, 1.54) is 17.4 Å². The summed E-state index contributed by atoms with van der Waals surface area (Å²) in [5.74, 6) is -0.487. The Morgan fingerprint density at radius 3 is 2.88 bits per heavy atom. The highest BCUT2D eigenvalue weighted by molar-refractivity contribution is 7.20. The molecule has 3 rings (SSSR count). The maximum absolute atomic E-state index is 12.4. The molecule has 0 radical (unpaired) electrons. The van der Waals surface area contributed by atoms with Crippen molar-refractivity contribution in [3.05, 3.63) is 62.9 Å². The van der Waals surface area contributed by atoms with E-state index >= 15 is 0 Å². The maximum atomic E-state index is 12.4. The first-order chi connectivity index (χ1) is 12.1. The number of halogens is 1. The van der Waals surface area contributed by atoms with Crippen molar-refractivity contribution in [2.45, 2.75) is 6.92 Å². The number of carbonyl (C=O) groups is 1. The molecular weight excluding hydrogens is 374 g/mol. The van der Waals surface area contributed by atoms with Crippen LogP contribution in [-0.4, -0.2) is 10.9 Å². The van der Waals surface area contributed by atoms with Gasteiger partial charge in [0.2, 0.25) is 0 Å². The van der Waals surface area contributed by atoms with Gasteiger partial charge in [0.25, 0.3) is 5.91 Å². The van der Waals surface area contributed by atoms with Gasteiger partial charge < -0.3 is 5.32 Å². The number of hydrogen-bond donors (Lipinski definition) is 1. The van der Waals surface area contributed by atoms with Gasteiger partial charge in [-0.1, -0.05) is 23.7 Å². The molecule has 3 aromatic rings. The van der Waals surface area contributed by atoms with Crippen LogP contribution in [0.4, 0.5) is 5.69 Å². The molecule has 0 saturated heterocycles. The Balaban J connectivity index is 1.82. The number of thiazole rings is 1. The van der Waals surface area contributed by atoms with Crippen LogP contribution >= 0.6 is 34.3 Å². The van der Waals surface area contributed by atoms with E-state index in [-0.39, 0.29) is 5.57 Å². The summed E-state index contributed by atoms with van der Waals surface area (Å²) in [6.45, 7) is 1.81. The zero-order valence-electron chi connectivity index (χ0n) is 13.1. The van der Waals surface area contributed by atoms with Crippen molar-refractivity contribution < 1.29 is 4.79 Å². The van der Waals surface area contributed by atoms with Gasteiger partial charge in [0.05, 0.1) is 10.6 Å². The summed E-state index contributed by atoms with van der Waals surface area (Å²) in [7, 11) is 0. The number of carbonyl (C=O) groups excluding carboxylic acids is 1. The molecule has 0 spiro atoms. The predicted octanol–water partition coefficient (Wildman–Crippen LogP) is 5.38. The molecule has 25 heavy (non-hydrogen) atoms. The topological polar surface area (TPSA) is 65.8 Å². The second-order valence-electron chi connectivity index (χ2n) is 5.09. The number of aromatic nitrogens is 1. The van der Waals surface area contributed by atoms with Crippen LogP contribution in [0.3, 0.4) is 0 Å². The number of rotatable bonds is 4. The molecule has 2 heterocycles. The number of amides is 1. The first-order valence-electron chi connectivity index (χ1n) is 7.26. The fourth-order valence-corrected chi connectivity index (χ4v) is 3.86. The van der Waals surface area contributed by atoms with Crippen molar-refractivity contribution in [1.29, 1.82) is 5.26 Å². The number of nitrogens with one attached hydrogen (secondary N) is 1. The molecule has 1 N–H and O–H groups in total. The molecule has 0 unspecified atom stereocenters. The first-order valence-corrected chi connectivity index (χ1v) is 9.40. The quantitative estimate of drug-likeness (QED) is 0.484. The van der Waals surface area contributed by atoms with Crippen LogP contribution in [0.1, 0.15) is 11.3 Å². The summed E-state index contributed by atoms with van der Waals surface area (Å²) in [4.78, 5) is 17.9.